The second-order valence-electron chi connectivity index (χ2n) is 7.44. The van der Waals surface area contributed by atoms with E-state index in [1.165, 1.54) is 37.1 Å². The van der Waals surface area contributed by atoms with E-state index in [2.05, 4.69) is 9.72 Å². The molecule has 3 aromatic rings. The van der Waals surface area contributed by atoms with E-state index in [1.807, 2.05) is 0 Å². The summed E-state index contributed by atoms with van der Waals surface area (Å²) in [6.45, 7) is -1.97. The lowest BCUT2D eigenvalue weighted by Crippen LogP contribution is -2.29. The van der Waals surface area contributed by atoms with Crippen LogP contribution in [-0.2, 0) is 21.8 Å². The number of thioether (sulfide) groups is 1. The zero-order chi connectivity index (χ0) is 23.4. The summed E-state index contributed by atoms with van der Waals surface area (Å²) in [6.07, 6.45) is 1.65. The van der Waals surface area contributed by atoms with Gasteiger partial charge in [0.05, 0.1) is 36.2 Å². The molecule has 2 heterocycles. The largest absolute Gasteiger partial charge is 0.465 e. The molecule has 1 fully saturated rings. The lowest BCUT2D eigenvalue weighted by Gasteiger charge is -2.17. The van der Waals surface area contributed by atoms with E-state index >= 15 is 0 Å². The van der Waals surface area contributed by atoms with Crippen LogP contribution in [0.3, 0.4) is 0 Å². The molecule has 1 atom stereocenters. The maximum atomic E-state index is 13.3. The molecule has 1 aromatic heterocycles. The fourth-order valence-electron chi connectivity index (χ4n) is 3.68. The Morgan fingerprint density at radius 3 is 2.85 bits per heavy atom. The number of hydrogen-bond donors (Lipinski definition) is 0. The van der Waals surface area contributed by atoms with Crippen molar-refractivity contribution >= 4 is 28.6 Å². The lowest BCUT2D eigenvalue weighted by molar-refractivity contribution is -0.0503. The molecule has 33 heavy (non-hydrogen) atoms. The molecule has 7 nitrogen and oxygen atoms in total. The summed E-state index contributed by atoms with van der Waals surface area (Å²) in [6, 6.07) is 11.1. The van der Waals surface area contributed by atoms with Crippen LogP contribution in [0, 0.1) is 0 Å². The van der Waals surface area contributed by atoms with Gasteiger partial charge in [0, 0.05) is 17.9 Å². The first kappa shape index (κ1) is 23.2. The minimum absolute atomic E-state index is 0.0711. The Labute approximate surface area is 192 Å². The number of esters is 1. The number of carbonyl (C=O) groups excluding carboxylic acids is 1. The van der Waals surface area contributed by atoms with Crippen LogP contribution in [0.1, 0.15) is 28.8 Å². The monoisotopic (exact) mass is 476 g/mol. The number of carbonyl (C=O) groups is 1. The van der Waals surface area contributed by atoms with Crippen molar-refractivity contribution in [1.29, 1.82) is 0 Å². The minimum Gasteiger partial charge on any atom is -0.465 e. The third kappa shape index (κ3) is 5.33. The number of hydrogen-bond acceptors (Lipinski definition) is 7. The third-order valence-corrected chi connectivity index (χ3v) is 6.32. The predicted molar refractivity (Wildman–Crippen MR) is 119 cm³/mol. The summed E-state index contributed by atoms with van der Waals surface area (Å²) in [5.74, 6) is -0.209. The number of halogens is 2. The first-order valence-electron chi connectivity index (χ1n) is 10.4. The molecule has 1 saturated heterocycles. The zero-order valence-electron chi connectivity index (χ0n) is 17.8. The highest BCUT2D eigenvalue weighted by atomic mass is 32.2. The maximum absolute atomic E-state index is 13.3. The minimum atomic E-state index is -2.94. The average molecular weight is 477 g/mol. The third-order valence-electron chi connectivity index (χ3n) is 5.30. The van der Waals surface area contributed by atoms with Gasteiger partial charge in [0.1, 0.15) is 5.75 Å². The summed E-state index contributed by atoms with van der Waals surface area (Å²) in [5.41, 5.74) is 0.919. The zero-order valence-corrected chi connectivity index (χ0v) is 18.6. The van der Waals surface area contributed by atoms with Crippen molar-refractivity contribution in [3.63, 3.8) is 0 Å². The Kier molecular flexibility index (Phi) is 7.24. The molecule has 1 aliphatic heterocycles. The first-order valence-corrected chi connectivity index (χ1v) is 11.3. The molecule has 2 aromatic carbocycles. The van der Waals surface area contributed by atoms with Crippen LogP contribution in [-0.4, -0.2) is 42.0 Å². The van der Waals surface area contributed by atoms with Gasteiger partial charge in [-0.15, -0.1) is 0 Å². The number of aromatic nitrogens is 2. The molecule has 10 heteroatoms. The second kappa shape index (κ2) is 10.3. The average Bonchev–Trinajstić information content (AvgIpc) is 3.32. The van der Waals surface area contributed by atoms with Gasteiger partial charge >= 0.3 is 12.6 Å². The summed E-state index contributed by atoms with van der Waals surface area (Å²) >= 11 is 1.23. The number of nitrogens with zero attached hydrogens (tertiary/aromatic N) is 2. The van der Waals surface area contributed by atoms with Crippen LogP contribution in [0.5, 0.6) is 5.75 Å². The van der Waals surface area contributed by atoms with Gasteiger partial charge in [-0.25, -0.2) is 9.78 Å². The Morgan fingerprint density at radius 2 is 2.12 bits per heavy atom. The molecule has 4 rings (SSSR count). The van der Waals surface area contributed by atoms with Crippen LogP contribution in [0.2, 0.25) is 0 Å². The van der Waals surface area contributed by atoms with E-state index in [1.54, 1.807) is 28.8 Å². The van der Waals surface area contributed by atoms with E-state index in [0.717, 1.165) is 12.8 Å². The van der Waals surface area contributed by atoms with E-state index < -0.39 is 12.6 Å². The summed E-state index contributed by atoms with van der Waals surface area (Å²) in [7, 11) is 1.28. The molecule has 0 saturated carbocycles. The van der Waals surface area contributed by atoms with Crippen LogP contribution in [0.25, 0.3) is 10.9 Å². The molecule has 0 bridgehead atoms. The highest BCUT2D eigenvalue weighted by Gasteiger charge is 2.21. The van der Waals surface area contributed by atoms with Crippen molar-refractivity contribution in [2.75, 3.05) is 13.7 Å². The molecular weight excluding hydrogens is 454 g/mol. The number of methoxy groups -OCH3 is 1. The van der Waals surface area contributed by atoms with Crippen LogP contribution >= 0.6 is 11.8 Å². The topological polar surface area (TPSA) is 79.7 Å². The number of para-hydroxylation sites is 1. The smallest absolute Gasteiger partial charge is 0.387 e. The van der Waals surface area contributed by atoms with Crippen LogP contribution < -0.4 is 10.3 Å². The Balaban J connectivity index is 1.72. The number of fused-ring (bicyclic) bond motifs is 1. The van der Waals surface area contributed by atoms with Crippen molar-refractivity contribution in [1.82, 2.24) is 9.55 Å². The van der Waals surface area contributed by atoms with Gasteiger partial charge in [-0.1, -0.05) is 30.0 Å². The molecule has 174 valence electrons. The van der Waals surface area contributed by atoms with Crippen molar-refractivity contribution in [3.8, 4) is 5.75 Å². The normalized spacial score (nSPS) is 15.8. The quantitative estimate of drug-likeness (QED) is 0.273. The van der Waals surface area contributed by atoms with Crippen molar-refractivity contribution in [3.05, 3.63) is 63.9 Å². The van der Waals surface area contributed by atoms with Crippen LogP contribution in [0.4, 0.5) is 8.78 Å². The highest BCUT2D eigenvalue weighted by molar-refractivity contribution is 7.98. The summed E-state index contributed by atoms with van der Waals surface area (Å²) < 4.78 is 42.2. The van der Waals surface area contributed by atoms with Crippen molar-refractivity contribution < 1.29 is 27.8 Å². The fraction of sp³-hybridized carbons (Fsp3) is 0.348. The standard InChI is InChI=1S/C23H22F2N2O5S/c1-30-21(29)14-8-9-17-18(11-14)26-23(27(20(17)28)12-16-6-4-10-31-16)33-13-15-5-2-3-7-19(15)32-22(24)25/h2-3,5,7-9,11,16,22H,4,6,10,12-13H2,1H3/t16-/m0/s1. The predicted octanol–water partition coefficient (Wildman–Crippen LogP) is 4.26. The molecule has 0 amide bonds. The number of rotatable bonds is 8. The van der Waals surface area contributed by atoms with E-state index in [-0.39, 0.29) is 28.7 Å². The fourth-order valence-corrected chi connectivity index (χ4v) is 4.68. The van der Waals surface area contributed by atoms with E-state index in [0.29, 0.717) is 34.8 Å². The molecule has 0 spiro atoms. The number of benzene rings is 2. The van der Waals surface area contributed by atoms with E-state index in [4.69, 9.17) is 9.47 Å². The van der Waals surface area contributed by atoms with Gasteiger partial charge in [-0.2, -0.15) is 8.78 Å². The molecular formula is C23H22F2N2O5S. The molecule has 1 aliphatic rings. The summed E-state index contributed by atoms with van der Waals surface area (Å²) in [5, 5.41) is 0.767. The number of ether oxygens (including phenoxy) is 3. The van der Waals surface area contributed by atoms with Crippen molar-refractivity contribution in [2.24, 2.45) is 0 Å². The maximum Gasteiger partial charge on any atom is 0.387 e. The second-order valence-corrected chi connectivity index (χ2v) is 8.39. The molecule has 0 unspecified atom stereocenters. The highest BCUT2D eigenvalue weighted by Crippen LogP contribution is 2.29. The molecule has 0 aliphatic carbocycles. The first-order chi connectivity index (χ1) is 16.0. The Morgan fingerprint density at radius 1 is 1.30 bits per heavy atom. The van der Waals surface area contributed by atoms with Gasteiger partial charge < -0.3 is 14.2 Å². The molecule has 0 N–H and O–H groups in total. The summed E-state index contributed by atoms with van der Waals surface area (Å²) in [4.78, 5) is 29.9. The number of alkyl halides is 2. The van der Waals surface area contributed by atoms with Crippen molar-refractivity contribution in [2.45, 2.75) is 43.0 Å². The molecule has 0 radical (unpaired) electrons. The SMILES string of the molecule is COC(=O)c1ccc2c(=O)n(C[C@@H]3CCCO3)c(SCc3ccccc3OC(F)F)nc2c1. The van der Waals surface area contributed by atoms with Gasteiger partial charge in [0.25, 0.3) is 5.56 Å². The van der Waals surface area contributed by atoms with E-state index in [9.17, 15) is 18.4 Å². The van der Waals surface area contributed by atoms with Crippen LogP contribution in [0.15, 0.2) is 52.4 Å². The lowest BCUT2D eigenvalue weighted by atomic mass is 10.1. The van der Waals surface area contributed by atoms with Gasteiger partial charge in [0.15, 0.2) is 5.16 Å². The van der Waals surface area contributed by atoms with Gasteiger partial charge in [-0.05, 0) is 37.1 Å². The van der Waals surface area contributed by atoms with Gasteiger partial charge in [-0.3, -0.25) is 9.36 Å². The Hall–Kier alpha value is -2.98. The van der Waals surface area contributed by atoms with Gasteiger partial charge in [0.2, 0.25) is 0 Å². The Bertz CT molecular complexity index is 1210.